The van der Waals surface area contributed by atoms with Gasteiger partial charge in [-0.15, -0.1) is 0 Å². The van der Waals surface area contributed by atoms with Gasteiger partial charge in [-0.3, -0.25) is 0 Å². The minimum atomic E-state index is 0. The van der Waals surface area contributed by atoms with Gasteiger partial charge in [-0.05, 0) is 0 Å². The summed E-state index contributed by atoms with van der Waals surface area (Å²) in [5, 5.41) is 0. The van der Waals surface area contributed by atoms with E-state index in [1.165, 1.54) is 9.26 Å². The van der Waals surface area contributed by atoms with E-state index in [4.69, 9.17) is 0 Å². The number of rotatable bonds is 0. The van der Waals surface area contributed by atoms with Gasteiger partial charge < -0.3 is 12.4 Å². The third-order valence-corrected chi connectivity index (χ3v) is 2.23. The number of halogens is 1. The molecule has 0 aromatic heterocycles. The Balaban J connectivity index is 0.00000121. The Morgan fingerprint density at radius 1 is 1.17 bits per heavy atom. The number of hydrogen-bond donors (Lipinski definition) is 0. The van der Waals surface area contributed by atoms with Crippen molar-refractivity contribution in [1.29, 1.82) is 0 Å². The van der Waals surface area contributed by atoms with E-state index in [1.54, 1.807) is 0 Å². The molecule has 62 valence electrons. The summed E-state index contributed by atoms with van der Waals surface area (Å²) in [7, 11) is 0. The standard InChI is InChI=1S/C10H13.ClH.Mg/c1-10(2,3)9-7-5-4-6-8-9;;/h4-5,7-8H,1-3H3;1H;/q;;+1/p-1. The van der Waals surface area contributed by atoms with Crippen LogP contribution in [0.15, 0.2) is 24.3 Å². The molecule has 0 aliphatic rings. The van der Waals surface area contributed by atoms with Crippen molar-refractivity contribution in [3.05, 3.63) is 29.8 Å². The van der Waals surface area contributed by atoms with Gasteiger partial charge in [0.15, 0.2) is 0 Å². The Morgan fingerprint density at radius 2 is 1.75 bits per heavy atom. The third-order valence-electron chi connectivity index (χ3n) is 1.79. The molecule has 0 aliphatic heterocycles. The average Bonchev–Trinajstić information content (AvgIpc) is 1.86. The molecule has 0 nitrogen and oxygen atoms in total. The molecule has 0 fully saturated rings. The molecule has 0 radical (unpaired) electrons. The monoisotopic (exact) mass is 192 g/mol. The van der Waals surface area contributed by atoms with Crippen molar-refractivity contribution in [3.8, 4) is 0 Å². The van der Waals surface area contributed by atoms with Crippen LogP contribution in [-0.4, -0.2) is 21.7 Å². The second-order valence-corrected chi connectivity index (χ2v) is 4.77. The minimum absolute atomic E-state index is 0. The normalized spacial score (nSPS) is 10.8. The van der Waals surface area contributed by atoms with Gasteiger partial charge in [0.25, 0.3) is 0 Å². The van der Waals surface area contributed by atoms with E-state index in [0.29, 0.717) is 0 Å². The zero-order valence-electron chi connectivity index (χ0n) is 7.89. The van der Waals surface area contributed by atoms with Crippen LogP contribution < -0.4 is 16.1 Å². The summed E-state index contributed by atoms with van der Waals surface area (Å²) in [6.07, 6.45) is 0. The summed E-state index contributed by atoms with van der Waals surface area (Å²) in [5.41, 5.74) is 1.71. The molecule has 0 atom stereocenters. The van der Waals surface area contributed by atoms with Crippen LogP contribution in [-0.2, 0) is 5.41 Å². The van der Waals surface area contributed by atoms with Crippen LogP contribution in [0.1, 0.15) is 26.3 Å². The van der Waals surface area contributed by atoms with E-state index in [1.807, 2.05) is 21.7 Å². The van der Waals surface area contributed by atoms with E-state index in [9.17, 15) is 0 Å². The quantitative estimate of drug-likeness (QED) is 0.453. The Bertz CT molecular complexity index is 250. The zero-order valence-corrected chi connectivity index (χ0v) is 10.1. The van der Waals surface area contributed by atoms with E-state index in [-0.39, 0.29) is 17.8 Å². The molecule has 1 rings (SSSR count). The van der Waals surface area contributed by atoms with Gasteiger partial charge in [-0.2, -0.15) is 0 Å². The average molecular weight is 193 g/mol. The predicted molar refractivity (Wildman–Crippen MR) is 50.5 cm³/mol. The van der Waals surface area contributed by atoms with Crippen LogP contribution in [0.3, 0.4) is 0 Å². The van der Waals surface area contributed by atoms with E-state index in [0.717, 1.165) is 0 Å². The topological polar surface area (TPSA) is 0 Å². The van der Waals surface area contributed by atoms with Gasteiger partial charge in [0.1, 0.15) is 0 Å². The van der Waals surface area contributed by atoms with Crippen molar-refractivity contribution in [2.24, 2.45) is 0 Å². The molecule has 0 spiro atoms. The van der Waals surface area contributed by atoms with Crippen LogP contribution in [0.25, 0.3) is 0 Å². The van der Waals surface area contributed by atoms with Crippen LogP contribution >= 0.6 is 0 Å². The smallest absolute Gasteiger partial charge is 1.00 e. The molecule has 0 amide bonds. The van der Waals surface area contributed by atoms with Crippen LogP contribution in [0.5, 0.6) is 0 Å². The second-order valence-electron chi connectivity index (χ2n) is 3.95. The summed E-state index contributed by atoms with van der Waals surface area (Å²) in [6.45, 7) is 6.72. The van der Waals surface area contributed by atoms with Crippen LogP contribution in [0, 0.1) is 0 Å². The van der Waals surface area contributed by atoms with Crippen LogP contribution in [0.4, 0.5) is 0 Å². The maximum Gasteiger partial charge on any atom is -1.00 e. The minimum Gasteiger partial charge on any atom is -1.00 e. The Morgan fingerprint density at radius 3 is 2.08 bits per heavy atom. The van der Waals surface area contributed by atoms with Gasteiger partial charge >= 0.3 is 81.4 Å². The van der Waals surface area contributed by atoms with Crippen molar-refractivity contribution in [1.82, 2.24) is 0 Å². The van der Waals surface area contributed by atoms with Crippen molar-refractivity contribution >= 4 is 25.4 Å². The number of hydrogen-bond acceptors (Lipinski definition) is 0. The Hall–Kier alpha value is 0.276. The SMILES string of the molecule is CC(C)(C)c1ccc[c]([Mg+])c1.[Cl-]. The molecule has 0 saturated heterocycles. The predicted octanol–water partition coefficient (Wildman–Crippen LogP) is -1.22. The van der Waals surface area contributed by atoms with Crippen molar-refractivity contribution in [2.75, 3.05) is 0 Å². The van der Waals surface area contributed by atoms with Crippen molar-refractivity contribution in [2.45, 2.75) is 26.2 Å². The Kier molecular flexibility index (Phi) is 4.60. The fraction of sp³-hybridized carbons (Fsp3) is 0.400. The fourth-order valence-corrected chi connectivity index (χ4v) is 1.39. The Labute approximate surface area is 93.6 Å². The van der Waals surface area contributed by atoms with Gasteiger partial charge in [-0.25, -0.2) is 0 Å². The van der Waals surface area contributed by atoms with E-state index < -0.39 is 0 Å². The van der Waals surface area contributed by atoms with Crippen molar-refractivity contribution < 1.29 is 12.4 Å². The van der Waals surface area contributed by atoms with Crippen LogP contribution in [0.2, 0.25) is 0 Å². The zero-order chi connectivity index (χ0) is 8.48. The second kappa shape index (κ2) is 4.49. The summed E-state index contributed by atoms with van der Waals surface area (Å²) in [4.78, 5) is 0. The van der Waals surface area contributed by atoms with Gasteiger partial charge in [0, 0.05) is 0 Å². The summed E-state index contributed by atoms with van der Waals surface area (Å²) in [6, 6.07) is 8.73. The molecule has 1 aromatic carbocycles. The molecule has 2 heteroatoms. The first-order valence-electron chi connectivity index (χ1n) is 3.92. The molecule has 0 saturated carbocycles. The summed E-state index contributed by atoms with van der Waals surface area (Å²) < 4.78 is 1.37. The molecule has 12 heavy (non-hydrogen) atoms. The van der Waals surface area contributed by atoms with Crippen molar-refractivity contribution in [3.63, 3.8) is 0 Å². The first-order chi connectivity index (χ1) is 5.00. The molecule has 0 bridgehead atoms. The first-order valence-corrected chi connectivity index (χ1v) is 4.63. The number of benzene rings is 1. The van der Waals surface area contributed by atoms with E-state index >= 15 is 0 Å². The summed E-state index contributed by atoms with van der Waals surface area (Å²) in [5.74, 6) is 0. The third kappa shape index (κ3) is 3.34. The largest absolute Gasteiger partial charge is 1.00 e. The maximum atomic E-state index is 2.26. The maximum absolute atomic E-state index is 2.26. The van der Waals surface area contributed by atoms with Gasteiger partial charge in [0.05, 0.1) is 0 Å². The molecule has 0 aliphatic carbocycles. The fourth-order valence-electron chi connectivity index (χ4n) is 1.04. The van der Waals surface area contributed by atoms with Gasteiger partial charge in [0.2, 0.25) is 0 Å². The molecule has 0 N–H and O–H groups in total. The molecular weight excluding hydrogens is 180 g/mol. The molecule has 0 heterocycles. The summed E-state index contributed by atoms with van der Waals surface area (Å²) >= 11 is 1.94. The first kappa shape index (κ1) is 12.3. The molecule has 1 aromatic rings. The van der Waals surface area contributed by atoms with E-state index in [2.05, 4.69) is 45.0 Å². The van der Waals surface area contributed by atoms with Gasteiger partial charge in [-0.1, -0.05) is 0 Å². The molecular formula is C10H13ClMg. The molecule has 0 unspecified atom stereocenters.